The number of aliphatic hydroxyl groups excluding tert-OH is 1. The van der Waals surface area contributed by atoms with Gasteiger partial charge in [-0.25, -0.2) is 0 Å². The van der Waals surface area contributed by atoms with Crippen molar-refractivity contribution in [2.75, 3.05) is 26.9 Å². The van der Waals surface area contributed by atoms with Crippen LogP contribution >= 0.6 is 0 Å². The van der Waals surface area contributed by atoms with Crippen molar-refractivity contribution < 1.29 is 19.4 Å². The molecule has 0 spiro atoms. The van der Waals surface area contributed by atoms with Crippen LogP contribution in [-0.2, 0) is 11.2 Å². The molecule has 5 nitrogen and oxygen atoms in total. The molecule has 2 aromatic carbocycles. The van der Waals surface area contributed by atoms with Gasteiger partial charge in [0.15, 0.2) is 11.5 Å². The summed E-state index contributed by atoms with van der Waals surface area (Å²) in [7, 11) is 1.58. The number of methoxy groups -OCH3 is 1. The third-order valence-corrected chi connectivity index (χ3v) is 4.22. The van der Waals surface area contributed by atoms with Crippen molar-refractivity contribution in [3.63, 3.8) is 0 Å². The predicted molar refractivity (Wildman–Crippen MR) is 101 cm³/mol. The minimum Gasteiger partial charge on any atom is -0.493 e. The third kappa shape index (κ3) is 6.08. The summed E-state index contributed by atoms with van der Waals surface area (Å²) >= 11 is 0. The number of hydrogen-bond acceptors (Lipinski definition) is 4. The zero-order valence-electron chi connectivity index (χ0n) is 15.4. The fourth-order valence-electron chi connectivity index (χ4n) is 2.66. The average Bonchev–Trinajstić information content (AvgIpc) is 2.67. The number of ether oxygens (including phenoxy) is 2. The number of benzene rings is 2. The Morgan fingerprint density at radius 3 is 2.38 bits per heavy atom. The van der Waals surface area contributed by atoms with E-state index in [0.29, 0.717) is 24.5 Å². The summed E-state index contributed by atoms with van der Waals surface area (Å²) in [6.45, 7) is 2.64. The SMILES string of the molecule is COc1ccccc1OCCC(=O)NC[C@@](C)(CO)Cc1ccccc1. The second-order valence-corrected chi connectivity index (χ2v) is 6.66. The summed E-state index contributed by atoms with van der Waals surface area (Å²) in [5, 5.41) is 12.7. The van der Waals surface area contributed by atoms with Crippen LogP contribution in [0.25, 0.3) is 0 Å². The smallest absolute Gasteiger partial charge is 0.223 e. The van der Waals surface area contributed by atoms with Crippen molar-refractivity contribution in [2.24, 2.45) is 5.41 Å². The Morgan fingerprint density at radius 2 is 1.73 bits per heavy atom. The van der Waals surface area contributed by atoms with Crippen molar-refractivity contribution >= 4 is 5.91 Å². The summed E-state index contributed by atoms with van der Waals surface area (Å²) in [4.78, 5) is 12.1. The molecule has 0 aromatic heterocycles. The summed E-state index contributed by atoms with van der Waals surface area (Å²) in [5.74, 6) is 1.16. The molecule has 0 saturated heterocycles. The highest BCUT2D eigenvalue weighted by Gasteiger charge is 2.24. The van der Waals surface area contributed by atoms with E-state index in [2.05, 4.69) is 5.32 Å². The normalized spacial score (nSPS) is 12.9. The Balaban J connectivity index is 1.78. The zero-order chi connectivity index (χ0) is 18.8. The molecular weight excluding hydrogens is 330 g/mol. The molecule has 2 rings (SSSR count). The van der Waals surface area contributed by atoms with E-state index in [9.17, 15) is 9.90 Å². The number of hydrogen-bond donors (Lipinski definition) is 2. The number of aliphatic hydroxyl groups is 1. The van der Waals surface area contributed by atoms with Crippen molar-refractivity contribution in [1.29, 1.82) is 0 Å². The number of rotatable bonds is 10. The van der Waals surface area contributed by atoms with Crippen LogP contribution in [0.4, 0.5) is 0 Å². The van der Waals surface area contributed by atoms with Gasteiger partial charge in [-0.15, -0.1) is 0 Å². The third-order valence-electron chi connectivity index (χ3n) is 4.22. The lowest BCUT2D eigenvalue weighted by molar-refractivity contribution is -0.122. The molecule has 1 atom stereocenters. The molecule has 0 unspecified atom stereocenters. The van der Waals surface area contributed by atoms with E-state index in [1.54, 1.807) is 13.2 Å². The molecule has 5 heteroatoms. The van der Waals surface area contributed by atoms with Gasteiger partial charge in [-0.2, -0.15) is 0 Å². The van der Waals surface area contributed by atoms with Gasteiger partial charge in [0.1, 0.15) is 0 Å². The minimum absolute atomic E-state index is 0.000111. The fraction of sp³-hybridized carbons (Fsp3) is 0.381. The van der Waals surface area contributed by atoms with Crippen molar-refractivity contribution in [3.05, 3.63) is 60.2 Å². The number of para-hydroxylation sites is 2. The second-order valence-electron chi connectivity index (χ2n) is 6.66. The maximum absolute atomic E-state index is 12.1. The van der Waals surface area contributed by atoms with Crippen LogP contribution in [-0.4, -0.2) is 37.9 Å². The summed E-state index contributed by atoms with van der Waals surface area (Å²) in [5.41, 5.74) is 0.735. The Bertz CT molecular complexity index is 689. The van der Waals surface area contributed by atoms with Crippen molar-refractivity contribution in [3.8, 4) is 11.5 Å². The molecule has 26 heavy (non-hydrogen) atoms. The van der Waals surface area contributed by atoms with Gasteiger partial charge in [-0.1, -0.05) is 49.4 Å². The average molecular weight is 357 g/mol. The summed E-state index contributed by atoms with van der Waals surface area (Å²) in [6, 6.07) is 17.3. The highest BCUT2D eigenvalue weighted by molar-refractivity contribution is 5.76. The molecule has 2 N–H and O–H groups in total. The summed E-state index contributed by atoms with van der Waals surface area (Å²) < 4.78 is 10.8. The lowest BCUT2D eigenvalue weighted by Gasteiger charge is -2.27. The standard InChI is InChI=1S/C21H27NO4/c1-21(16-23,14-17-8-4-3-5-9-17)15-22-20(24)12-13-26-19-11-7-6-10-18(19)25-2/h3-11,23H,12-16H2,1-2H3,(H,22,24)/t21-/m0/s1. The van der Waals surface area contributed by atoms with Gasteiger partial charge in [-0.3, -0.25) is 4.79 Å². The molecular formula is C21H27NO4. The molecule has 1 amide bonds. The van der Waals surface area contributed by atoms with Crippen LogP contribution in [0.1, 0.15) is 18.9 Å². The van der Waals surface area contributed by atoms with Gasteiger partial charge in [0, 0.05) is 12.0 Å². The first kappa shape index (κ1) is 19.8. The molecule has 0 bridgehead atoms. The van der Waals surface area contributed by atoms with Crippen LogP contribution < -0.4 is 14.8 Å². The highest BCUT2D eigenvalue weighted by Crippen LogP contribution is 2.25. The Morgan fingerprint density at radius 1 is 1.08 bits per heavy atom. The first-order chi connectivity index (χ1) is 12.6. The van der Waals surface area contributed by atoms with E-state index in [4.69, 9.17) is 9.47 Å². The van der Waals surface area contributed by atoms with Gasteiger partial charge in [-0.05, 0) is 24.1 Å². The maximum atomic E-state index is 12.1. The van der Waals surface area contributed by atoms with Gasteiger partial charge >= 0.3 is 0 Å². The molecule has 0 fully saturated rings. The molecule has 140 valence electrons. The largest absolute Gasteiger partial charge is 0.493 e. The fourth-order valence-corrected chi connectivity index (χ4v) is 2.66. The highest BCUT2D eigenvalue weighted by atomic mass is 16.5. The first-order valence-corrected chi connectivity index (χ1v) is 8.73. The van der Waals surface area contributed by atoms with E-state index in [1.165, 1.54) is 0 Å². The van der Waals surface area contributed by atoms with E-state index >= 15 is 0 Å². The minimum atomic E-state index is -0.402. The van der Waals surface area contributed by atoms with Gasteiger partial charge in [0.25, 0.3) is 0 Å². The monoisotopic (exact) mass is 357 g/mol. The zero-order valence-corrected chi connectivity index (χ0v) is 15.4. The van der Waals surface area contributed by atoms with Gasteiger partial charge < -0.3 is 19.9 Å². The van der Waals surface area contributed by atoms with E-state index < -0.39 is 5.41 Å². The molecule has 0 radical (unpaired) electrons. The van der Waals surface area contributed by atoms with E-state index in [1.807, 2.05) is 55.5 Å². The Kier molecular flexibility index (Phi) is 7.48. The number of carbonyl (C=O) groups is 1. The van der Waals surface area contributed by atoms with Crippen LogP contribution in [0.3, 0.4) is 0 Å². The Hall–Kier alpha value is -2.53. The maximum Gasteiger partial charge on any atom is 0.223 e. The van der Waals surface area contributed by atoms with Crippen molar-refractivity contribution in [1.82, 2.24) is 5.32 Å². The molecule has 2 aromatic rings. The van der Waals surface area contributed by atoms with Gasteiger partial charge in [0.2, 0.25) is 5.91 Å². The van der Waals surface area contributed by atoms with E-state index in [-0.39, 0.29) is 25.5 Å². The number of amides is 1. The van der Waals surface area contributed by atoms with E-state index in [0.717, 1.165) is 5.56 Å². The quantitative estimate of drug-likeness (QED) is 0.686. The lowest BCUT2D eigenvalue weighted by Crippen LogP contribution is -2.39. The van der Waals surface area contributed by atoms with Gasteiger partial charge in [0.05, 0.1) is 26.7 Å². The first-order valence-electron chi connectivity index (χ1n) is 8.73. The lowest BCUT2D eigenvalue weighted by atomic mass is 9.84. The van der Waals surface area contributed by atoms with Crippen molar-refractivity contribution in [2.45, 2.75) is 19.8 Å². The Labute approximate surface area is 155 Å². The van der Waals surface area contributed by atoms with Crippen LogP contribution in [0.15, 0.2) is 54.6 Å². The topological polar surface area (TPSA) is 67.8 Å². The molecule has 0 aliphatic carbocycles. The van der Waals surface area contributed by atoms with Crippen LogP contribution in [0.2, 0.25) is 0 Å². The number of carbonyl (C=O) groups excluding carboxylic acids is 1. The van der Waals surface area contributed by atoms with Crippen LogP contribution in [0.5, 0.6) is 11.5 Å². The second kappa shape index (κ2) is 9.82. The predicted octanol–water partition coefficient (Wildman–Crippen LogP) is 2.82. The summed E-state index contributed by atoms with van der Waals surface area (Å²) in [6.07, 6.45) is 0.938. The van der Waals surface area contributed by atoms with Crippen LogP contribution in [0, 0.1) is 5.41 Å². The number of nitrogens with one attached hydrogen (secondary N) is 1. The molecule has 0 aliphatic rings. The molecule has 0 aliphatic heterocycles. The molecule has 0 heterocycles. The molecule has 0 saturated carbocycles.